The molecule has 3 amide bonds. The van der Waals surface area contributed by atoms with Gasteiger partial charge < -0.3 is 41.5 Å². The number of hydrogen-bond acceptors (Lipinski definition) is 14. The fraction of sp³-hybridized carbons (Fsp3) is 0.254. The first-order chi connectivity index (χ1) is 45.8. The van der Waals surface area contributed by atoms with E-state index in [4.69, 9.17) is 28.0 Å². The van der Waals surface area contributed by atoms with E-state index >= 15 is 0 Å². The van der Waals surface area contributed by atoms with Gasteiger partial charge in [0.05, 0.1) is 39.6 Å². The Bertz CT molecular complexity index is 5040. The highest BCUT2D eigenvalue weighted by Crippen LogP contribution is 2.36. The number of anilines is 6. The molecule has 1 fully saturated rings. The van der Waals surface area contributed by atoms with Crippen LogP contribution in [0.2, 0.25) is 0 Å². The number of nitrogens with zero attached hydrogens (tertiary/aromatic N) is 1. The third-order valence-corrected chi connectivity index (χ3v) is 17.7. The number of likely N-dealkylation sites (tertiary alicyclic amines) is 1. The predicted octanol–water partition coefficient (Wildman–Crippen LogP) is 15.1. The van der Waals surface area contributed by atoms with Gasteiger partial charge in [0.15, 0.2) is 0 Å². The number of nitrogens with two attached hydrogens (primary N) is 1. The van der Waals surface area contributed by atoms with Crippen molar-refractivity contribution < 1.29 is 79.2 Å². The quantitative estimate of drug-likeness (QED) is 0.0188. The molecule has 103 heavy (non-hydrogen) atoms. The normalized spacial score (nSPS) is 12.3. The second kappa shape index (κ2) is 37.4. The number of aromatic amines is 3. The van der Waals surface area contributed by atoms with E-state index in [1.807, 2.05) is 9.62 Å². The van der Waals surface area contributed by atoms with Crippen LogP contribution in [0.1, 0.15) is 104 Å². The van der Waals surface area contributed by atoms with Gasteiger partial charge in [-0.3, -0.25) is 38.2 Å². The van der Waals surface area contributed by atoms with E-state index in [0.29, 0.717) is 51.6 Å². The number of nitrogen functional groups attached to an aromatic ring is 1. The van der Waals surface area contributed by atoms with Crippen molar-refractivity contribution in [3.05, 3.63) is 222 Å². The van der Waals surface area contributed by atoms with Gasteiger partial charge in [0, 0.05) is 103 Å². The fourth-order valence-electron chi connectivity index (χ4n) is 9.30. The van der Waals surface area contributed by atoms with Gasteiger partial charge in [0.25, 0.3) is 27.7 Å². The second-order valence-electron chi connectivity index (χ2n) is 21.1. The summed E-state index contributed by atoms with van der Waals surface area (Å²) in [7, 11) is -6.65. The van der Waals surface area contributed by atoms with Crippen molar-refractivity contribution in [2.75, 3.05) is 68.1 Å². The highest BCUT2D eigenvalue weighted by molar-refractivity contribution is 8.13. The molecule has 6 aromatic carbocycles. The van der Waals surface area contributed by atoms with E-state index in [-0.39, 0.29) is 117 Å². The summed E-state index contributed by atoms with van der Waals surface area (Å²) in [4.78, 5) is 85.5. The first kappa shape index (κ1) is 89.3. The Morgan fingerprint density at radius 2 is 0.825 bits per heavy atom. The van der Waals surface area contributed by atoms with Crippen molar-refractivity contribution in [3.8, 4) is 0 Å². The van der Waals surface area contributed by atoms with Crippen LogP contribution in [0.25, 0.3) is 32.7 Å². The highest BCUT2D eigenvalue weighted by Gasteiger charge is 2.34. The van der Waals surface area contributed by atoms with Crippen LogP contribution in [0, 0.1) is 0 Å². The molecule has 0 radical (unpaired) electrons. The molecular weight excluding hydrogens is 1470 g/mol. The number of carbonyl (C=O) groups is 3. The molecule has 0 saturated carbocycles. The molecule has 9 aromatic rings. The first-order valence-corrected chi connectivity index (χ1v) is 34.6. The summed E-state index contributed by atoms with van der Waals surface area (Å²) in [6.45, 7) is 4.89. The van der Waals surface area contributed by atoms with Crippen molar-refractivity contribution in [2.45, 2.75) is 74.9 Å². The van der Waals surface area contributed by atoms with Crippen LogP contribution in [0.3, 0.4) is 0 Å². The van der Waals surface area contributed by atoms with Crippen LogP contribution < -0.4 is 47.4 Å². The number of rotatable bonds is 16. The van der Waals surface area contributed by atoms with Crippen LogP contribution >= 0.6 is 22.3 Å². The standard InChI is InChI=1S/C24H25F3N4O4S.C19H14F3N3O4S.C17H12F3N3O2.C2H4Cl2O2S.5CH4/c25-24(26,27)16-12-17(29-23(33)20-15-28-21-7-3-2-6-19(21)22(20)32)14-18(13-16)30-36(34,35)11-10-31-8-4-1-5-9-31;1-2-30(28,29)25-13-8-11(19(20,21)22)7-12(9-13)24-18(27)15-10-23-16-6-4-3-5-14(16)17(15)26;18-17(19,20)9-5-10(21)7-11(6-9)23-16(25)13-8-22-14-4-2-1-3-12(14)15(13)24;3-1-2-7(4,5)6;;;;;/h2-3,6-7,12-15,30H,1,4-5,8-11H2,(H,28,32)(H,29,33);2-10,25H,1H2,(H,23,26)(H,24,27);1-8H,21H2,(H,22,24)(H,23,25);1-2H2;5*1H4. The molecule has 0 atom stereocenters. The number of carbonyl (C=O) groups excluding carboxylic acids is 3. The molecule has 4 heterocycles. The van der Waals surface area contributed by atoms with Crippen molar-refractivity contribution in [1.82, 2.24) is 19.9 Å². The Morgan fingerprint density at radius 3 is 1.16 bits per heavy atom. The number of fused-ring (bicyclic) bond motifs is 3. The number of halogens is 11. The molecule has 1 aliphatic rings. The summed E-state index contributed by atoms with van der Waals surface area (Å²) in [5.41, 5.74) is -0.653. The largest absolute Gasteiger partial charge is 0.416 e. The van der Waals surface area contributed by atoms with Gasteiger partial charge in [-0.25, -0.2) is 25.3 Å². The van der Waals surface area contributed by atoms with E-state index in [1.54, 1.807) is 60.7 Å². The lowest BCUT2D eigenvalue weighted by Crippen LogP contribution is -2.35. The molecular formula is C67H75Cl2F9N10O12S3. The molecule has 10 N–H and O–H groups in total. The van der Waals surface area contributed by atoms with E-state index in [2.05, 4.69) is 42.2 Å². The Labute approximate surface area is 596 Å². The summed E-state index contributed by atoms with van der Waals surface area (Å²) in [6.07, 6.45) is -7.62. The molecule has 3 aromatic heterocycles. The van der Waals surface area contributed by atoms with Crippen molar-refractivity contribution in [3.63, 3.8) is 0 Å². The predicted molar refractivity (Wildman–Crippen MR) is 391 cm³/mol. The smallest absolute Gasteiger partial charge is 0.399 e. The topological polar surface area (TPSA) is 342 Å². The molecule has 0 bridgehead atoms. The maximum absolute atomic E-state index is 13.5. The van der Waals surface area contributed by atoms with Gasteiger partial charge >= 0.3 is 18.5 Å². The maximum atomic E-state index is 13.5. The number of pyridine rings is 3. The SMILES string of the molecule is C.C.C.C.C.C=CS(=O)(=O)Nc1cc(NC(=O)c2c[nH]c3ccccc3c2=O)cc(C(F)(F)F)c1.Nc1cc(NC(=O)c2c[nH]c3ccccc3c2=O)cc(C(F)(F)F)c1.O=C(Nc1cc(NS(=O)(=O)CCN2CCCCC2)cc(C(F)(F)F)c1)c1c[nH]c2ccccc2c1=O.O=S(=O)(Cl)CCCl. The lowest BCUT2D eigenvalue weighted by molar-refractivity contribution is -0.138. The third-order valence-electron chi connectivity index (χ3n) is 13.9. The first-order valence-electron chi connectivity index (χ1n) is 28.4. The second-order valence-corrected chi connectivity index (χ2v) is 27.8. The lowest BCUT2D eigenvalue weighted by atomic mass is 10.1. The molecule has 0 unspecified atom stereocenters. The molecule has 560 valence electrons. The zero-order chi connectivity index (χ0) is 72.1. The van der Waals surface area contributed by atoms with E-state index in [0.717, 1.165) is 62.8 Å². The number of benzene rings is 6. The third kappa shape index (κ3) is 25.6. The summed E-state index contributed by atoms with van der Waals surface area (Å²) in [5, 5.41) is 8.07. The Balaban J connectivity index is 0.000000495. The van der Waals surface area contributed by atoms with Crippen LogP contribution in [-0.4, -0.2) is 99.8 Å². The summed E-state index contributed by atoms with van der Waals surface area (Å²) < 4.78 is 191. The van der Waals surface area contributed by atoms with Crippen molar-refractivity contribution in [2.24, 2.45) is 0 Å². The monoisotopic (exact) mass is 1550 g/mol. The zero-order valence-electron chi connectivity index (χ0n) is 50.3. The number of alkyl halides is 10. The van der Waals surface area contributed by atoms with Gasteiger partial charge in [-0.05, 0) is 117 Å². The number of H-pyrrole nitrogens is 3. The molecule has 22 nitrogen and oxygen atoms in total. The minimum Gasteiger partial charge on any atom is -0.399 e. The minimum atomic E-state index is -4.81. The summed E-state index contributed by atoms with van der Waals surface area (Å²) >= 11 is 5.02. The van der Waals surface area contributed by atoms with Crippen LogP contribution in [0.15, 0.2) is 172 Å². The van der Waals surface area contributed by atoms with Crippen molar-refractivity contribution >= 4 is 136 Å². The van der Waals surface area contributed by atoms with Gasteiger partial charge in [0.1, 0.15) is 16.7 Å². The van der Waals surface area contributed by atoms with Gasteiger partial charge in [0.2, 0.25) is 35.4 Å². The molecule has 1 aliphatic heterocycles. The number of piperidine rings is 1. The van der Waals surface area contributed by atoms with E-state index < -0.39 is 104 Å². The Hall–Kier alpha value is -9.74. The highest BCUT2D eigenvalue weighted by atomic mass is 35.7. The van der Waals surface area contributed by atoms with Crippen LogP contribution in [-0.2, 0) is 47.6 Å². The molecule has 36 heteroatoms. The zero-order valence-corrected chi connectivity index (χ0v) is 54.3. The molecule has 0 aliphatic carbocycles. The van der Waals surface area contributed by atoms with Gasteiger partial charge in [-0.2, -0.15) is 39.5 Å². The minimum absolute atomic E-state index is 0. The number of nitrogens with one attached hydrogen (secondary N) is 8. The molecule has 10 rings (SSSR count). The van der Waals surface area contributed by atoms with Crippen molar-refractivity contribution in [1.29, 1.82) is 0 Å². The average Bonchev–Trinajstić information content (AvgIpc) is 0.816. The van der Waals surface area contributed by atoms with Crippen LogP contribution in [0.4, 0.5) is 73.6 Å². The average molecular weight is 1550 g/mol. The number of para-hydroxylation sites is 3. The molecule has 0 spiro atoms. The summed E-state index contributed by atoms with van der Waals surface area (Å²) in [5.74, 6) is -3.09. The van der Waals surface area contributed by atoms with E-state index in [9.17, 15) is 93.5 Å². The Morgan fingerprint density at radius 1 is 0.495 bits per heavy atom. The fourth-order valence-corrected chi connectivity index (χ4v) is 12.2. The van der Waals surface area contributed by atoms with E-state index in [1.165, 1.54) is 30.6 Å². The summed E-state index contributed by atoms with van der Waals surface area (Å²) in [6, 6.07) is 26.8. The maximum Gasteiger partial charge on any atom is 0.416 e. The Kier molecular flexibility index (Phi) is 32.5. The number of hydrogen-bond donors (Lipinski definition) is 9. The van der Waals surface area contributed by atoms with Gasteiger partial charge in [-0.1, -0.05) is 86.5 Å². The van der Waals surface area contributed by atoms with Crippen LogP contribution in [0.5, 0.6) is 0 Å². The molecule has 1 saturated heterocycles. The number of aromatic nitrogens is 3. The van der Waals surface area contributed by atoms with Gasteiger partial charge in [-0.15, -0.1) is 11.6 Å². The number of amides is 3. The number of sulfonamides is 2. The lowest BCUT2D eigenvalue weighted by Gasteiger charge is -2.26.